The molecule has 1 aliphatic rings. The Bertz CT molecular complexity index is 715. The van der Waals surface area contributed by atoms with E-state index in [4.69, 9.17) is 0 Å². The number of rotatable bonds is 5. The first-order chi connectivity index (χ1) is 11.8. The third kappa shape index (κ3) is 5.02. The van der Waals surface area contributed by atoms with Crippen molar-refractivity contribution in [1.29, 1.82) is 0 Å². The van der Waals surface area contributed by atoms with Gasteiger partial charge in [0, 0.05) is 32.6 Å². The molecule has 0 N–H and O–H groups in total. The van der Waals surface area contributed by atoms with Gasteiger partial charge in [0.15, 0.2) is 0 Å². The van der Waals surface area contributed by atoms with Crippen LogP contribution < -0.4 is 0 Å². The molecule has 138 valence electrons. The van der Waals surface area contributed by atoms with E-state index in [1.54, 1.807) is 29.2 Å². The van der Waals surface area contributed by atoms with Crippen molar-refractivity contribution in [3.63, 3.8) is 0 Å². The van der Waals surface area contributed by atoms with Gasteiger partial charge < -0.3 is 9.64 Å². The fourth-order valence-electron chi connectivity index (χ4n) is 2.71. The summed E-state index contributed by atoms with van der Waals surface area (Å²) in [5.41, 5.74) is 0.997. The van der Waals surface area contributed by atoms with Gasteiger partial charge in [0.2, 0.25) is 15.9 Å². The molecule has 0 radical (unpaired) electrons. The summed E-state index contributed by atoms with van der Waals surface area (Å²) in [4.78, 5) is 25.2. The van der Waals surface area contributed by atoms with Crippen LogP contribution in [-0.4, -0.2) is 62.8 Å². The van der Waals surface area contributed by atoms with Gasteiger partial charge in [-0.3, -0.25) is 9.59 Å². The van der Waals surface area contributed by atoms with Crippen molar-refractivity contribution in [1.82, 2.24) is 9.21 Å². The molecule has 0 bridgehead atoms. The van der Waals surface area contributed by atoms with Crippen molar-refractivity contribution in [2.45, 2.75) is 31.1 Å². The molecule has 8 heteroatoms. The Hall–Kier alpha value is -1.93. The van der Waals surface area contributed by atoms with Gasteiger partial charge in [-0.2, -0.15) is 4.31 Å². The van der Waals surface area contributed by atoms with Crippen LogP contribution in [0.15, 0.2) is 29.2 Å². The van der Waals surface area contributed by atoms with Gasteiger partial charge in [0.25, 0.3) is 0 Å². The van der Waals surface area contributed by atoms with Crippen molar-refractivity contribution in [2.24, 2.45) is 0 Å². The van der Waals surface area contributed by atoms with Crippen molar-refractivity contribution in [3.8, 4) is 0 Å². The quantitative estimate of drug-likeness (QED) is 0.729. The lowest BCUT2D eigenvalue weighted by Crippen LogP contribution is -2.37. The van der Waals surface area contributed by atoms with E-state index in [0.717, 1.165) is 5.56 Å². The molecular weight excluding hydrogens is 344 g/mol. The maximum absolute atomic E-state index is 12.7. The largest absolute Gasteiger partial charge is 0.469 e. The van der Waals surface area contributed by atoms with Crippen LogP contribution in [-0.2, 0) is 24.3 Å². The highest BCUT2D eigenvalue weighted by atomic mass is 32.2. The predicted molar refractivity (Wildman–Crippen MR) is 92.4 cm³/mol. The van der Waals surface area contributed by atoms with E-state index < -0.39 is 16.0 Å². The summed E-state index contributed by atoms with van der Waals surface area (Å²) in [7, 11) is -2.28. The van der Waals surface area contributed by atoms with Crippen LogP contribution in [0.1, 0.15) is 24.8 Å². The number of hydrogen-bond donors (Lipinski definition) is 0. The molecule has 1 amide bonds. The lowest BCUT2D eigenvalue weighted by atomic mass is 10.2. The summed E-state index contributed by atoms with van der Waals surface area (Å²) < 4.78 is 31.4. The summed E-state index contributed by atoms with van der Waals surface area (Å²) in [5, 5.41) is 0. The number of ether oxygens (including phenoxy) is 1. The fourth-order valence-corrected chi connectivity index (χ4v) is 4.18. The van der Waals surface area contributed by atoms with E-state index in [1.165, 1.54) is 11.4 Å². The number of benzene rings is 1. The first kappa shape index (κ1) is 19.4. The van der Waals surface area contributed by atoms with Crippen molar-refractivity contribution in [3.05, 3.63) is 29.8 Å². The number of nitrogens with zero attached hydrogens (tertiary/aromatic N) is 2. The van der Waals surface area contributed by atoms with Crippen LogP contribution in [0.3, 0.4) is 0 Å². The molecular formula is C17H24N2O5S. The van der Waals surface area contributed by atoms with E-state index in [2.05, 4.69) is 4.74 Å². The van der Waals surface area contributed by atoms with E-state index in [1.807, 2.05) is 6.92 Å². The summed E-state index contributed by atoms with van der Waals surface area (Å²) in [6.45, 7) is 3.34. The Morgan fingerprint density at radius 1 is 1.04 bits per heavy atom. The average Bonchev–Trinajstić information content (AvgIpc) is 2.86. The molecule has 1 aromatic rings. The zero-order chi connectivity index (χ0) is 18.4. The van der Waals surface area contributed by atoms with Gasteiger partial charge in [-0.25, -0.2) is 8.42 Å². The van der Waals surface area contributed by atoms with Gasteiger partial charge in [-0.1, -0.05) is 17.7 Å². The lowest BCUT2D eigenvalue weighted by Gasteiger charge is -2.22. The maximum Gasteiger partial charge on any atom is 0.306 e. The molecule has 0 spiro atoms. The van der Waals surface area contributed by atoms with E-state index >= 15 is 0 Å². The summed E-state index contributed by atoms with van der Waals surface area (Å²) >= 11 is 0. The van der Waals surface area contributed by atoms with Crippen LogP contribution >= 0.6 is 0 Å². The fraction of sp³-hybridized carbons (Fsp3) is 0.529. The second kappa shape index (κ2) is 8.44. The number of aryl methyl sites for hydroxylation is 1. The van der Waals surface area contributed by atoms with E-state index in [9.17, 15) is 18.0 Å². The highest BCUT2D eigenvalue weighted by molar-refractivity contribution is 7.89. The van der Waals surface area contributed by atoms with Crippen molar-refractivity contribution < 1.29 is 22.7 Å². The number of methoxy groups -OCH3 is 1. The van der Waals surface area contributed by atoms with Gasteiger partial charge in [0.1, 0.15) is 0 Å². The zero-order valence-corrected chi connectivity index (χ0v) is 15.4. The predicted octanol–water partition coefficient (Wildman–Crippen LogP) is 1.17. The number of hydrogen-bond acceptors (Lipinski definition) is 5. The molecule has 0 aromatic heterocycles. The third-order valence-electron chi connectivity index (χ3n) is 4.24. The highest BCUT2D eigenvalue weighted by Crippen LogP contribution is 2.18. The van der Waals surface area contributed by atoms with E-state index in [-0.39, 0.29) is 30.2 Å². The molecule has 1 aromatic carbocycles. The first-order valence-electron chi connectivity index (χ1n) is 8.26. The van der Waals surface area contributed by atoms with Crippen LogP contribution in [0, 0.1) is 6.92 Å². The minimum absolute atomic E-state index is 0.0389. The highest BCUT2D eigenvalue weighted by Gasteiger charge is 2.28. The van der Waals surface area contributed by atoms with Gasteiger partial charge in [0.05, 0.1) is 18.4 Å². The number of sulfonamides is 1. The molecule has 1 aliphatic heterocycles. The average molecular weight is 368 g/mol. The van der Waals surface area contributed by atoms with Gasteiger partial charge >= 0.3 is 5.97 Å². The van der Waals surface area contributed by atoms with Crippen LogP contribution in [0.2, 0.25) is 0 Å². The zero-order valence-electron chi connectivity index (χ0n) is 14.6. The smallest absolute Gasteiger partial charge is 0.306 e. The number of amides is 1. The summed E-state index contributed by atoms with van der Waals surface area (Å²) in [6, 6.07) is 6.75. The van der Waals surface area contributed by atoms with Gasteiger partial charge in [-0.15, -0.1) is 0 Å². The molecule has 0 unspecified atom stereocenters. The molecule has 25 heavy (non-hydrogen) atoms. The molecule has 1 fully saturated rings. The number of carbonyl (C=O) groups excluding carboxylic acids is 2. The second-order valence-electron chi connectivity index (χ2n) is 6.03. The lowest BCUT2D eigenvalue weighted by molar-refractivity contribution is -0.143. The Kier molecular flexibility index (Phi) is 6.55. The molecule has 1 heterocycles. The first-order valence-corrected chi connectivity index (χ1v) is 9.70. The minimum atomic E-state index is -3.56. The topological polar surface area (TPSA) is 84.0 Å². The Morgan fingerprint density at radius 2 is 1.72 bits per heavy atom. The van der Waals surface area contributed by atoms with Gasteiger partial charge in [-0.05, 0) is 25.5 Å². The van der Waals surface area contributed by atoms with Crippen LogP contribution in [0.5, 0.6) is 0 Å². The normalized spacial score (nSPS) is 16.3. The SMILES string of the molecule is COC(=O)CCC(=O)N1CCCN(S(=O)(=O)c2ccc(C)cc2)CC1. The molecule has 1 saturated heterocycles. The summed E-state index contributed by atoms with van der Waals surface area (Å²) in [6.07, 6.45) is 0.684. The molecule has 2 rings (SSSR count). The second-order valence-corrected chi connectivity index (χ2v) is 7.97. The van der Waals surface area contributed by atoms with E-state index in [0.29, 0.717) is 26.1 Å². The maximum atomic E-state index is 12.7. The monoisotopic (exact) mass is 368 g/mol. The number of carbonyl (C=O) groups is 2. The Balaban J connectivity index is 1.99. The standard InChI is InChI=1S/C17H24N2O5S/c1-14-4-6-15(7-5-14)25(22,23)19-11-3-10-18(12-13-19)16(20)8-9-17(21)24-2/h4-7H,3,8-13H2,1-2H3. The Morgan fingerprint density at radius 3 is 2.36 bits per heavy atom. The molecule has 0 aliphatic carbocycles. The van der Waals surface area contributed by atoms with Crippen LogP contribution in [0.4, 0.5) is 0 Å². The van der Waals surface area contributed by atoms with Crippen molar-refractivity contribution in [2.75, 3.05) is 33.3 Å². The third-order valence-corrected chi connectivity index (χ3v) is 6.15. The molecule has 0 saturated carbocycles. The molecule has 7 nitrogen and oxygen atoms in total. The molecule has 0 atom stereocenters. The Labute approximate surface area is 148 Å². The summed E-state index contributed by atoms with van der Waals surface area (Å²) in [5.74, 6) is -0.577. The minimum Gasteiger partial charge on any atom is -0.469 e. The van der Waals surface area contributed by atoms with Crippen molar-refractivity contribution >= 4 is 21.9 Å². The van der Waals surface area contributed by atoms with Crippen LogP contribution in [0.25, 0.3) is 0 Å². The number of esters is 1.